The Labute approximate surface area is 79.1 Å². The summed E-state index contributed by atoms with van der Waals surface area (Å²) >= 11 is 1.55. The van der Waals surface area contributed by atoms with E-state index in [-0.39, 0.29) is 0 Å². The average Bonchev–Trinajstić information content (AvgIpc) is 2.71. The van der Waals surface area contributed by atoms with Crippen molar-refractivity contribution in [2.75, 3.05) is 0 Å². The molecule has 0 atom stereocenters. The average molecular weight is 190 g/mol. The maximum Gasteiger partial charge on any atom is 0.168 e. The van der Waals surface area contributed by atoms with Gasteiger partial charge in [-0.15, -0.1) is 11.3 Å². The Morgan fingerprint density at radius 2 is 2.23 bits per heavy atom. The number of pyridine rings is 1. The number of aldehydes is 1. The van der Waals surface area contributed by atoms with Crippen LogP contribution in [0.4, 0.5) is 0 Å². The number of carbonyl (C=O) groups excluding carboxylic acids is 1. The normalized spacial score (nSPS) is 9.85. The maximum absolute atomic E-state index is 10.3. The topological polar surface area (TPSA) is 42.9 Å². The van der Waals surface area contributed by atoms with Gasteiger partial charge in [-0.25, -0.2) is 0 Å². The van der Waals surface area contributed by atoms with Crippen LogP contribution in [0.15, 0.2) is 30.0 Å². The third kappa shape index (κ3) is 1.62. The maximum atomic E-state index is 10.3. The van der Waals surface area contributed by atoms with Gasteiger partial charge in [0, 0.05) is 18.0 Å². The monoisotopic (exact) mass is 190 g/mol. The predicted octanol–water partition coefficient (Wildman–Crippen LogP) is 2.02. The summed E-state index contributed by atoms with van der Waals surface area (Å²) in [6.07, 6.45) is 4.19. The van der Waals surface area contributed by atoms with Gasteiger partial charge in [-0.3, -0.25) is 14.8 Å². The number of hydrogen-bond acceptors (Lipinski definition) is 4. The molecular weight excluding hydrogens is 184 g/mol. The predicted molar refractivity (Wildman–Crippen MR) is 50.7 cm³/mol. The Morgan fingerprint density at radius 1 is 1.31 bits per heavy atom. The second kappa shape index (κ2) is 3.45. The molecule has 0 aliphatic rings. The van der Waals surface area contributed by atoms with Gasteiger partial charge in [-0.2, -0.15) is 0 Å². The summed E-state index contributed by atoms with van der Waals surface area (Å²) in [6, 6.07) is 3.56. The minimum Gasteiger partial charge on any atom is -0.296 e. The van der Waals surface area contributed by atoms with E-state index >= 15 is 0 Å². The molecule has 0 aliphatic carbocycles. The van der Waals surface area contributed by atoms with Crippen molar-refractivity contribution in [2.24, 2.45) is 0 Å². The molecule has 0 radical (unpaired) electrons. The molecule has 0 unspecified atom stereocenters. The van der Waals surface area contributed by atoms with Gasteiger partial charge in [0.05, 0.1) is 10.4 Å². The van der Waals surface area contributed by atoms with Crippen LogP contribution in [0.25, 0.3) is 10.4 Å². The molecule has 3 nitrogen and oxygen atoms in total. The molecule has 0 aliphatic heterocycles. The van der Waals surface area contributed by atoms with Crippen molar-refractivity contribution in [2.45, 2.75) is 0 Å². The lowest BCUT2D eigenvalue weighted by Crippen LogP contribution is -1.84. The lowest BCUT2D eigenvalue weighted by molar-refractivity contribution is 0.111. The fourth-order valence-electron chi connectivity index (χ4n) is 0.979. The highest BCUT2D eigenvalue weighted by Gasteiger charge is 1.99. The third-order valence-corrected chi connectivity index (χ3v) is 2.45. The number of aromatic nitrogens is 2. The Bertz CT molecular complexity index is 394. The van der Waals surface area contributed by atoms with Gasteiger partial charge in [0.2, 0.25) is 0 Å². The summed E-state index contributed by atoms with van der Waals surface area (Å²) in [4.78, 5) is 19.3. The second-order valence-corrected chi connectivity index (χ2v) is 3.34. The van der Waals surface area contributed by atoms with Crippen LogP contribution in [0.3, 0.4) is 0 Å². The Morgan fingerprint density at radius 3 is 2.77 bits per heavy atom. The molecule has 0 fully saturated rings. The zero-order valence-corrected chi connectivity index (χ0v) is 7.49. The molecule has 2 aromatic heterocycles. The molecule has 0 saturated heterocycles. The first kappa shape index (κ1) is 8.07. The first-order valence-corrected chi connectivity index (χ1v) is 4.58. The first-order valence-electron chi connectivity index (χ1n) is 3.70. The van der Waals surface area contributed by atoms with E-state index in [4.69, 9.17) is 0 Å². The summed E-state index contributed by atoms with van der Waals surface area (Å²) in [5, 5.41) is 0. The smallest absolute Gasteiger partial charge is 0.168 e. The fourth-order valence-corrected chi connectivity index (χ4v) is 1.59. The van der Waals surface area contributed by atoms with Crippen molar-refractivity contribution >= 4 is 17.6 Å². The summed E-state index contributed by atoms with van der Waals surface area (Å²) < 4.78 is 0. The molecule has 0 spiro atoms. The highest BCUT2D eigenvalue weighted by atomic mass is 32.1. The molecule has 0 bridgehead atoms. The summed E-state index contributed by atoms with van der Waals surface area (Å²) in [5.41, 5.74) is 3.21. The molecule has 0 amide bonds. The molecule has 13 heavy (non-hydrogen) atoms. The van der Waals surface area contributed by atoms with Crippen LogP contribution in [0.1, 0.15) is 10.5 Å². The van der Waals surface area contributed by atoms with Gasteiger partial charge in [0.1, 0.15) is 5.69 Å². The fraction of sp³-hybridized carbons (Fsp3) is 0. The zero-order chi connectivity index (χ0) is 9.10. The van der Waals surface area contributed by atoms with Crippen LogP contribution in [-0.4, -0.2) is 16.3 Å². The number of carbonyl (C=O) groups is 1. The molecule has 0 aromatic carbocycles. The van der Waals surface area contributed by atoms with E-state index in [1.165, 1.54) is 0 Å². The second-order valence-electron chi connectivity index (χ2n) is 2.46. The van der Waals surface area contributed by atoms with Crippen molar-refractivity contribution in [3.8, 4) is 10.4 Å². The van der Waals surface area contributed by atoms with Crippen molar-refractivity contribution in [3.63, 3.8) is 0 Å². The third-order valence-electron chi connectivity index (χ3n) is 1.62. The molecule has 64 valence electrons. The van der Waals surface area contributed by atoms with Crippen LogP contribution in [0.2, 0.25) is 0 Å². The molecule has 4 heteroatoms. The van der Waals surface area contributed by atoms with Gasteiger partial charge in [-0.05, 0) is 12.1 Å². The number of rotatable bonds is 2. The van der Waals surface area contributed by atoms with Gasteiger partial charge >= 0.3 is 0 Å². The highest BCUT2D eigenvalue weighted by Crippen LogP contribution is 2.21. The van der Waals surface area contributed by atoms with Gasteiger partial charge in [0.25, 0.3) is 0 Å². The van der Waals surface area contributed by atoms with Crippen molar-refractivity contribution in [1.82, 2.24) is 9.97 Å². The highest BCUT2D eigenvalue weighted by molar-refractivity contribution is 7.13. The van der Waals surface area contributed by atoms with Crippen molar-refractivity contribution < 1.29 is 4.79 Å². The standard InChI is InChI=1S/C9H6N2OS/c12-5-8-2-1-7(3-11-8)9-4-10-6-13-9/h1-6H. The number of hydrogen-bond donors (Lipinski definition) is 0. The minimum absolute atomic E-state index is 0.452. The van der Waals surface area contributed by atoms with E-state index in [2.05, 4.69) is 9.97 Å². The van der Waals surface area contributed by atoms with E-state index in [0.717, 1.165) is 16.7 Å². The molecule has 0 saturated carbocycles. The van der Waals surface area contributed by atoms with Crippen molar-refractivity contribution in [1.29, 1.82) is 0 Å². The Kier molecular flexibility index (Phi) is 2.14. The summed E-state index contributed by atoms with van der Waals surface area (Å²) in [5.74, 6) is 0. The van der Waals surface area contributed by atoms with Crippen LogP contribution in [0.5, 0.6) is 0 Å². The van der Waals surface area contributed by atoms with Crippen LogP contribution >= 0.6 is 11.3 Å². The number of nitrogens with zero attached hydrogens (tertiary/aromatic N) is 2. The lowest BCUT2D eigenvalue weighted by Gasteiger charge is -1.94. The van der Waals surface area contributed by atoms with E-state index in [0.29, 0.717) is 5.69 Å². The first-order chi connectivity index (χ1) is 6.40. The largest absolute Gasteiger partial charge is 0.296 e. The minimum atomic E-state index is 0.452. The van der Waals surface area contributed by atoms with Crippen LogP contribution in [0, 0.1) is 0 Å². The molecule has 0 N–H and O–H groups in total. The number of thiazole rings is 1. The van der Waals surface area contributed by atoms with E-state index in [9.17, 15) is 4.79 Å². The molecule has 2 heterocycles. The van der Waals surface area contributed by atoms with Gasteiger partial charge in [-0.1, -0.05) is 0 Å². The molecule has 2 aromatic rings. The van der Waals surface area contributed by atoms with Crippen LogP contribution in [-0.2, 0) is 0 Å². The van der Waals surface area contributed by atoms with Gasteiger partial charge in [0.15, 0.2) is 6.29 Å². The van der Waals surface area contributed by atoms with E-state index in [1.807, 2.05) is 6.07 Å². The summed E-state index contributed by atoms with van der Waals surface area (Å²) in [7, 11) is 0. The SMILES string of the molecule is O=Cc1ccc(-c2cncs2)cn1. The van der Waals surface area contributed by atoms with Crippen LogP contribution < -0.4 is 0 Å². The Hall–Kier alpha value is -1.55. The molecular formula is C9H6N2OS. The Balaban J connectivity index is 2.38. The van der Waals surface area contributed by atoms with Crippen molar-refractivity contribution in [3.05, 3.63) is 35.7 Å². The quantitative estimate of drug-likeness (QED) is 0.680. The zero-order valence-electron chi connectivity index (χ0n) is 6.68. The summed E-state index contributed by atoms with van der Waals surface area (Å²) in [6.45, 7) is 0. The molecule has 2 rings (SSSR count). The van der Waals surface area contributed by atoms with Gasteiger partial charge < -0.3 is 0 Å². The van der Waals surface area contributed by atoms with E-state index < -0.39 is 0 Å². The van der Waals surface area contributed by atoms with E-state index in [1.54, 1.807) is 35.3 Å². The lowest BCUT2D eigenvalue weighted by atomic mass is 10.2.